The van der Waals surface area contributed by atoms with E-state index in [1.165, 1.54) is 9.37 Å². The fourth-order valence-corrected chi connectivity index (χ4v) is 12.9. The second kappa shape index (κ2) is 10.5. The summed E-state index contributed by atoms with van der Waals surface area (Å²) < 4.78 is 21.2. The molecule has 0 aliphatic heterocycles. The first-order valence-electron chi connectivity index (χ1n) is 9.81. The van der Waals surface area contributed by atoms with Crippen molar-refractivity contribution >= 4 is 32.1 Å². The van der Waals surface area contributed by atoms with Crippen molar-refractivity contribution in [3.63, 3.8) is 0 Å². The molecule has 3 nitrogen and oxygen atoms in total. The number of benzene rings is 3. The van der Waals surface area contributed by atoms with Gasteiger partial charge in [0.1, 0.15) is 0 Å². The predicted molar refractivity (Wildman–Crippen MR) is 117 cm³/mol. The van der Waals surface area contributed by atoms with E-state index in [0.717, 1.165) is 17.2 Å². The van der Waals surface area contributed by atoms with E-state index in [2.05, 4.69) is 72.8 Å². The van der Waals surface area contributed by atoms with Gasteiger partial charge >= 0.3 is 177 Å². The summed E-state index contributed by atoms with van der Waals surface area (Å²) in [5.41, 5.74) is 0. The Morgan fingerprint density at radius 2 is 0.714 bits per heavy atom. The molecule has 1 radical (unpaired) electrons. The molecule has 0 bridgehead atoms. The fraction of sp³-hybridized carbons (Fsp3) is 0.250. The van der Waals surface area contributed by atoms with Crippen LogP contribution in [0.2, 0.25) is 0 Å². The standard InChI is InChI=1S/3C8H9O.Pb/c3*1-2-9-8-6-4-3-5-7-8;/h3*4-7H,2H2,1H3;. The molecule has 3 rings (SSSR count). The zero-order valence-corrected chi connectivity index (χ0v) is 20.7. The summed E-state index contributed by atoms with van der Waals surface area (Å²) in [6.45, 7) is 8.08. The number of ether oxygens (including phenoxy) is 3. The molecule has 0 heterocycles. The molecule has 3 aromatic carbocycles. The van der Waals surface area contributed by atoms with Gasteiger partial charge in [-0.1, -0.05) is 0 Å². The first-order chi connectivity index (χ1) is 13.7. The zero-order chi connectivity index (χ0) is 19.8. The third-order valence-corrected chi connectivity index (χ3v) is 15.0. The van der Waals surface area contributed by atoms with Crippen molar-refractivity contribution in [1.29, 1.82) is 0 Å². The summed E-state index contributed by atoms with van der Waals surface area (Å²) in [4.78, 5) is 0. The van der Waals surface area contributed by atoms with E-state index in [1.54, 1.807) is 0 Å². The van der Waals surface area contributed by atoms with Gasteiger partial charge in [-0.15, -0.1) is 0 Å². The number of hydrogen-bond acceptors (Lipinski definition) is 3. The van der Waals surface area contributed by atoms with Crippen LogP contribution in [0, 0.1) is 0 Å². The second-order valence-corrected chi connectivity index (χ2v) is 15.9. The zero-order valence-electron chi connectivity index (χ0n) is 16.8. The third kappa shape index (κ3) is 5.28. The SMILES string of the molecule is CCOc1cc[c]([Pb]([c]2ccc(OCC)cc2)[c]2ccc(OCC)cc2)cc1. The Bertz CT molecular complexity index is 725. The summed E-state index contributed by atoms with van der Waals surface area (Å²) in [7, 11) is 0. The Morgan fingerprint density at radius 3 is 0.929 bits per heavy atom. The summed E-state index contributed by atoms with van der Waals surface area (Å²) in [5.74, 6) is 2.78. The summed E-state index contributed by atoms with van der Waals surface area (Å²) in [6.07, 6.45) is 0. The van der Waals surface area contributed by atoms with Gasteiger partial charge < -0.3 is 0 Å². The van der Waals surface area contributed by atoms with Crippen molar-refractivity contribution < 1.29 is 14.2 Å². The van der Waals surface area contributed by atoms with E-state index < -0.39 is 22.7 Å². The van der Waals surface area contributed by atoms with Gasteiger partial charge in [-0.05, 0) is 0 Å². The molecule has 0 N–H and O–H groups in total. The summed E-state index contributed by atoms with van der Waals surface area (Å²) in [6, 6.07) is 26.0. The molecular formula is C24H27O3Pb. The Hall–Kier alpha value is -2.02. The molecule has 3 aromatic rings. The van der Waals surface area contributed by atoms with Gasteiger partial charge in [-0.25, -0.2) is 0 Å². The van der Waals surface area contributed by atoms with Gasteiger partial charge in [0.05, 0.1) is 0 Å². The molecule has 145 valence electrons. The van der Waals surface area contributed by atoms with Crippen LogP contribution < -0.4 is 23.6 Å². The Labute approximate surface area is 176 Å². The van der Waals surface area contributed by atoms with Crippen molar-refractivity contribution in [2.75, 3.05) is 19.8 Å². The molecule has 4 heteroatoms. The fourth-order valence-electron chi connectivity index (χ4n) is 3.15. The molecule has 0 atom stereocenters. The van der Waals surface area contributed by atoms with Gasteiger partial charge in [0, 0.05) is 0 Å². The van der Waals surface area contributed by atoms with Crippen molar-refractivity contribution in [3.8, 4) is 17.2 Å². The van der Waals surface area contributed by atoms with E-state index in [1.807, 2.05) is 20.8 Å². The van der Waals surface area contributed by atoms with Crippen LogP contribution >= 0.6 is 0 Å². The molecule has 0 fully saturated rings. The average molecular weight is 571 g/mol. The van der Waals surface area contributed by atoms with E-state index >= 15 is 0 Å². The summed E-state index contributed by atoms with van der Waals surface area (Å²) >= 11 is -2.52. The van der Waals surface area contributed by atoms with Crippen LogP contribution in [0.4, 0.5) is 0 Å². The first-order valence-corrected chi connectivity index (χ1v) is 15.6. The van der Waals surface area contributed by atoms with Crippen molar-refractivity contribution in [1.82, 2.24) is 0 Å². The van der Waals surface area contributed by atoms with Crippen LogP contribution in [-0.2, 0) is 0 Å². The maximum atomic E-state index is 5.63. The van der Waals surface area contributed by atoms with Crippen LogP contribution in [0.5, 0.6) is 17.2 Å². The van der Waals surface area contributed by atoms with Crippen LogP contribution in [0.1, 0.15) is 20.8 Å². The molecule has 28 heavy (non-hydrogen) atoms. The molecular weight excluding hydrogens is 543 g/mol. The first kappa shape index (κ1) is 20.7. The second-order valence-electron chi connectivity index (χ2n) is 6.25. The number of hydrogen-bond donors (Lipinski definition) is 0. The monoisotopic (exact) mass is 571 g/mol. The van der Waals surface area contributed by atoms with Gasteiger partial charge in [-0.3, -0.25) is 0 Å². The van der Waals surface area contributed by atoms with Crippen LogP contribution in [0.3, 0.4) is 0 Å². The van der Waals surface area contributed by atoms with Gasteiger partial charge in [0.15, 0.2) is 0 Å². The van der Waals surface area contributed by atoms with E-state index in [-0.39, 0.29) is 0 Å². The quantitative estimate of drug-likeness (QED) is 0.370. The minimum absolute atomic E-state index is 0.685. The molecule has 0 aliphatic carbocycles. The van der Waals surface area contributed by atoms with Crippen LogP contribution in [-0.4, -0.2) is 42.5 Å². The van der Waals surface area contributed by atoms with Crippen molar-refractivity contribution in [3.05, 3.63) is 72.8 Å². The maximum absolute atomic E-state index is 5.63. The average Bonchev–Trinajstić information content (AvgIpc) is 2.73. The topological polar surface area (TPSA) is 27.7 Å². The van der Waals surface area contributed by atoms with Crippen LogP contribution in [0.15, 0.2) is 72.8 Å². The van der Waals surface area contributed by atoms with Crippen molar-refractivity contribution in [2.24, 2.45) is 0 Å². The Morgan fingerprint density at radius 1 is 0.464 bits per heavy atom. The molecule has 0 unspecified atom stereocenters. The number of rotatable bonds is 9. The molecule has 0 saturated carbocycles. The van der Waals surface area contributed by atoms with Crippen molar-refractivity contribution in [2.45, 2.75) is 20.8 Å². The molecule has 0 amide bonds. The molecule has 0 aromatic heterocycles. The van der Waals surface area contributed by atoms with Crippen LogP contribution in [0.25, 0.3) is 0 Å². The van der Waals surface area contributed by atoms with E-state index in [9.17, 15) is 0 Å². The van der Waals surface area contributed by atoms with Gasteiger partial charge in [0.2, 0.25) is 0 Å². The third-order valence-electron chi connectivity index (χ3n) is 4.36. The molecule has 0 spiro atoms. The molecule has 0 saturated heterocycles. The van der Waals surface area contributed by atoms with Gasteiger partial charge in [0.25, 0.3) is 0 Å². The van der Waals surface area contributed by atoms with E-state index in [4.69, 9.17) is 14.2 Å². The molecule has 0 aliphatic rings. The minimum atomic E-state index is -2.52. The predicted octanol–water partition coefficient (Wildman–Crippen LogP) is 3.40. The van der Waals surface area contributed by atoms with Gasteiger partial charge in [-0.2, -0.15) is 0 Å². The Kier molecular flexibility index (Phi) is 7.77. The van der Waals surface area contributed by atoms with E-state index in [0.29, 0.717) is 19.8 Å². The normalized spacial score (nSPS) is 10.7. The Balaban J connectivity index is 1.97. The summed E-state index contributed by atoms with van der Waals surface area (Å²) in [5, 5.41) is 0.